The first-order chi connectivity index (χ1) is 11.2. The van der Waals surface area contributed by atoms with Crippen LogP contribution < -0.4 is 5.32 Å². The standard InChI is InChI=1S/C19H24N2O2/c22-17(20-16-6-7-16)14-8-12-21(13-9-14)18(23)19(10-11-19)15-4-2-1-3-5-15/h1-5,14,16H,6-13H2,(H,20,22). The third-order valence-corrected chi connectivity index (χ3v) is 5.56. The molecule has 0 bridgehead atoms. The molecule has 23 heavy (non-hydrogen) atoms. The fourth-order valence-corrected chi connectivity index (χ4v) is 3.70. The van der Waals surface area contributed by atoms with Crippen molar-refractivity contribution < 1.29 is 9.59 Å². The van der Waals surface area contributed by atoms with E-state index >= 15 is 0 Å². The summed E-state index contributed by atoms with van der Waals surface area (Å²) in [5.41, 5.74) is 0.878. The summed E-state index contributed by atoms with van der Waals surface area (Å²) >= 11 is 0. The van der Waals surface area contributed by atoms with Crippen LogP contribution in [0.5, 0.6) is 0 Å². The lowest BCUT2D eigenvalue weighted by Crippen LogP contribution is -2.46. The van der Waals surface area contributed by atoms with Crippen LogP contribution in [0.1, 0.15) is 44.1 Å². The Balaban J connectivity index is 1.37. The molecular weight excluding hydrogens is 288 g/mol. The first kappa shape index (κ1) is 14.7. The fourth-order valence-electron chi connectivity index (χ4n) is 3.70. The van der Waals surface area contributed by atoms with Gasteiger partial charge in [0.05, 0.1) is 5.41 Å². The van der Waals surface area contributed by atoms with Crippen molar-refractivity contribution in [1.29, 1.82) is 0 Å². The maximum absolute atomic E-state index is 13.0. The van der Waals surface area contributed by atoms with Crippen molar-refractivity contribution in [2.75, 3.05) is 13.1 Å². The van der Waals surface area contributed by atoms with Crippen molar-refractivity contribution in [3.63, 3.8) is 0 Å². The molecule has 4 heteroatoms. The Bertz CT molecular complexity index is 597. The van der Waals surface area contributed by atoms with Gasteiger partial charge in [-0.15, -0.1) is 0 Å². The molecule has 1 N–H and O–H groups in total. The van der Waals surface area contributed by atoms with Gasteiger partial charge in [0.2, 0.25) is 11.8 Å². The summed E-state index contributed by atoms with van der Waals surface area (Å²) in [5.74, 6) is 0.556. The van der Waals surface area contributed by atoms with Crippen LogP contribution in [0.2, 0.25) is 0 Å². The lowest BCUT2D eigenvalue weighted by molar-refractivity contribution is -0.137. The average molecular weight is 312 g/mol. The van der Waals surface area contributed by atoms with Crippen molar-refractivity contribution >= 4 is 11.8 Å². The summed E-state index contributed by atoms with van der Waals surface area (Å²) in [6.45, 7) is 1.44. The number of rotatable bonds is 4. The number of likely N-dealkylation sites (tertiary alicyclic amines) is 1. The molecule has 0 unspecified atom stereocenters. The lowest BCUT2D eigenvalue weighted by Gasteiger charge is -2.34. The number of hydrogen-bond donors (Lipinski definition) is 1. The predicted octanol–water partition coefficient (Wildman–Crippen LogP) is 2.24. The molecule has 2 saturated carbocycles. The number of nitrogens with zero attached hydrogens (tertiary/aromatic N) is 1. The zero-order chi connectivity index (χ0) is 15.9. The zero-order valence-electron chi connectivity index (χ0n) is 13.5. The Morgan fingerprint density at radius 2 is 1.65 bits per heavy atom. The number of carbonyl (C=O) groups excluding carboxylic acids is 2. The molecule has 0 spiro atoms. The van der Waals surface area contributed by atoms with Crippen LogP contribution in [0.4, 0.5) is 0 Å². The molecule has 1 aromatic rings. The van der Waals surface area contributed by atoms with Gasteiger partial charge in [0.25, 0.3) is 0 Å². The van der Waals surface area contributed by atoms with E-state index in [2.05, 4.69) is 17.4 Å². The molecule has 1 aliphatic heterocycles. The van der Waals surface area contributed by atoms with Crippen molar-refractivity contribution in [3.05, 3.63) is 35.9 Å². The molecule has 1 aromatic carbocycles. The monoisotopic (exact) mass is 312 g/mol. The minimum Gasteiger partial charge on any atom is -0.353 e. The average Bonchev–Trinajstić information content (AvgIpc) is 3.50. The number of carbonyl (C=O) groups is 2. The van der Waals surface area contributed by atoms with Crippen LogP contribution in [-0.2, 0) is 15.0 Å². The van der Waals surface area contributed by atoms with E-state index in [4.69, 9.17) is 0 Å². The van der Waals surface area contributed by atoms with Gasteiger partial charge in [-0.25, -0.2) is 0 Å². The van der Waals surface area contributed by atoms with Crippen molar-refractivity contribution in [3.8, 4) is 0 Å². The first-order valence-corrected chi connectivity index (χ1v) is 8.84. The second-order valence-electron chi connectivity index (χ2n) is 7.30. The third kappa shape index (κ3) is 2.87. The molecule has 4 nitrogen and oxygen atoms in total. The lowest BCUT2D eigenvalue weighted by atomic mass is 9.91. The Morgan fingerprint density at radius 1 is 1.00 bits per heavy atom. The smallest absolute Gasteiger partial charge is 0.233 e. The van der Waals surface area contributed by atoms with Gasteiger partial charge in [0.1, 0.15) is 0 Å². The van der Waals surface area contributed by atoms with Gasteiger partial charge >= 0.3 is 0 Å². The van der Waals surface area contributed by atoms with Crippen LogP contribution in [0.3, 0.4) is 0 Å². The van der Waals surface area contributed by atoms with Crippen molar-refractivity contribution in [2.24, 2.45) is 5.92 Å². The normalized spacial score (nSPS) is 23.4. The van der Waals surface area contributed by atoms with E-state index in [1.54, 1.807) is 0 Å². The third-order valence-electron chi connectivity index (χ3n) is 5.56. The highest BCUT2D eigenvalue weighted by Crippen LogP contribution is 2.49. The Kier molecular flexibility index (Phi) is 3.63. The second-order valence-corrected chi connectivity index (χ2v) is 7.30. The van der Waals surface area contributed by atoms with E-state index in [0.717, 1.165) is 57.2 Å². The van der Waals surface area contributed by atoms with Gasteiger partial charge in [-0.2, -0.15) is 0 Å². The van der Waals surface area contributed by atoms with E-state index in [1.165, 1.54) is 0 Å². The molecule has 3 fully saturated rings. The van der Waals surface area contributed by atoms with Crippen LogP contribution in [0.15, 0.2) is 30.3 Å². The summed E-state index contributed by atoms with van der Waals surface area (Å²) in [4.78, 5) is 27.1. The first-order valence-electron chi connectivity index (χ1n) is 8.84. The van der Waals surface area contributed by atoms with E-state index in [9.17, 15) is 9.59 Å². The van der Waals surface area contributed by atoms with E-state index < -0.39 is 0 Å². The van der Waals surface area contributed by atoms with Gasteiger partial charge in [0.15, 0.2) is 0 Å². The van der Waals surface area contributed by atoms with E-state index in [1.807, 2.05) is 23.1 Å². The quantitative estimate of drug-likeness (QED) is 0.927. The topological polar surface area (TPSA) is 49.4 Å². The summed E-state index contributed by atoms with van der Waals surface area (Å²) in [6, 6.07) is 10.6. The maximum atomic E-state index is 13.0. The highest BCUT2D eigenvalue weighted by molar-refractivity contribution is 5.91. The Morgan fingerprint density at radius 3 is 2.22 bits per heavy atom. The zero-order valence-corrected chi connectivity index (χ0v) is 13.5. The largest absolute Gasteiger partial charge is 0.353 e. The Labute approximate surface area is 137 Å². The number of nitrogens with one attached hydrogen (secondary N) is 1. The summed E-state index contributed by atoms with van der Waals surface area (Å²) in [7, 11) is 0. The minimum absolute atomic E-state index is 0.0894. The molecule has 0 radical (unpaired) electrons. The van der Waals surface area contributed by atoms with Crippen LogP contribution in [0.25, 0.3) is 0 Å². The number of hydrogen-bond acceptors (Lipinski definition) is 2. The Hall–Kier alpha value is -1.84. The summed E-state index contributed by atoms with van der Waals surface area (Å²) in [5, 5.41) is 3.09. The van der Waals surface area contributed by atoms with Crippen LogP contribution in [0, 0.1) is 5.92 Å². The van der Waals surface area contributed by atoms with Gasteiger partial charge < -0.3 is 10.2 Å². The van der Waals surface area contributed by atoms with Crippen molar-refractivity contribution in [2.45, 2.75) is 50.0 Å². The van der Waals surface area contributed by atoms with Crippen molar-refractivity contribution in [1.82, 2.24) is 10.2 Å². The second kappa shape index (κ2) is 5.66. The maximum Gasteiger partial charge on any atom is 0.233 e. The highest BCUT2D eigenvalue weighted by Gasteiger charge is 2.53. The SMILES string of the molecule is O=C(NC1CC1)C1CCN(C(=O)C2(c3ccccc3)CC2)CC1. The molecular formula is C19H24N2O2. The van der Waals surface area contributed by atoms with Gasteiger partial charge in [0, 0.05) is 25.0 Å². The summed E-state index contributed by atoms with van der Waals surface area (Å²) < 4.78 is 0. The molecule has 4 rings (SSSR count). The van der Waals surface area contributed by atoms with Crippen LogP contribution in [-0.4, -0.2) is 35.8 Å². The predicted molar refractivity (Wildman–Crippen MR) is 87.8 cm³/mol. The summed E-state index contributed by atoms with van der Waals surface area (Å²) in [6.07, 6.45) is 5.77. The van der Waals surface area contributed by atoms with Gasteiger partial charge in [-0.05, 0) is 44.1 Å². The molecule has 2 aliphatic carbocycles. The highest BCUT2D eigenvalue weighted by atomic mass is 16.2. The van der Waals surface area contributed by atoms with Gasteiger partial charge in [-0.3, -0.25) is 9.59 Å². The number of benzene rings is 1. The van der Waals surface area contributed by atoms with Gasteiger partial charge in [-0.1, -0.05) is 30.3 Å². The molecule has 122 valence electrons. The van der Waals surface area contributed by atoms with E-state index in [-0.39, 0.29) is 23.1 Å². The fraction of sp³-hybridized carbons (Fsp3) is 0.579. The molecule has 2 amide bonds. The minimum atomic E-state index is -0.273. The molecule has 3 aliphatic rings. The number of piperidine rings is 1. The molecule has 1 saturated heterocycles. The number of amides is 2. The molecule has 0 aromatic heterocycles. The molecule has 0 atom stereocenters. The molecule has 1 heterocycles. The van der Waals surface area contributed by atoms with Crippen LogP contribution >= 0.6 is 0 Å². The van der Waals surface area contributed by atoms with E-state index in [0.29, 0.717) is 6.04 Å².